The van der Waals surface area contributed by atoms with Crippen LogP contribution >= 0.6 is 7.37 Å². The zero-order chi connectivity index (χ0) is 14.0. The zero-order valence-corrected chi connectivity index (χ0v) is 13.0. The third-order valence-electron chi connectivity index (χ3n) is 4.56. The Hall–Kier alpha value is -0.590. The summed E-state index contributed by atoms with van der Waals surface area (Å²) in [5.74, 6) is 1.40. The van der Waals surface area contributed by atoms with Crippen molar-refractivity contribution in [3.8, 4) is 0 Å². The summed E-state index contributed by atoms with van der Waals surface area (Å²) in [7, 11) is -3.27. The predicted octanol–water partition coefficient (Wildman–Crippen LogP) is 4.04. The van der Waals surface area contributed by atoms with E-state index in [1.165, 1.54) is 6.42 Å². The van der Waals surface area contributed by atoms with E-state index in [9.17, 15) is 9.46 Å². The van der Waals surface area contributed by atoms with E-state index < -0.39 is 7.37 Å². The molecule has 4 atom stereocenters. The molecule has 0 aromatic heterocycles. The first-order chi connectivity index (χ1) is 8.93. The van der Waals surface area contributed by atoms with Crippen LogP contribution in [0.25, 0.3) is 0 Å². The normalized spacial score (nSPS) is 31.1. The second kappa shape index (κ2) is 5.81. The van der Waals surface area contributed by atoms with Crippen molar-refractivity contribution >= 4 is 12.7 Å². The van der Waals surface area contributed by atoms with E-state index in [0.717, 1.165) is 12.8 Å². The molecule has 0 spiro atoms. The average molecular weight is 280 g/mol. The number of rotatable bonds is 3. The first-order valence-corrected chi connectivity index (χ1v) is 9.04. The summed E-state index contributed by atoms with van der Waals surface area (Å²) in [6.45, 7) is 6.56. The Morgan fingerprint density at radius 3 is 2.42 bits per heavy atom. The molecule has 1 aromatic rings. The highest BCUT2D eigenvalue weighted by atomic mass is 31.2. The molecule has 19 heavy (non-hydrogen) atoms. The van der Waals surface area contributed by atoms with Gasteiger partial charge >= 0.3 is 0 Å². The van der Waals surface area contributed by atoms with Gasteiger partial charge in [0.2, 0.25) is 7.37 Å². The zero-order valence-electron chi connectivity index (χ0n) is 12.1. The lowest BCUT2D eigenvalue weighted by atomic mass is 9.77. The molecule has 0 saturated heterocycles. The standard InChI is InChI=1S/C16H25O2P/c1-12(2)15-10-9-13(3)11-16(15)19(17,18)14-7-5-4-6-8-14/h4-8,12-13,15-16H,9-11H2,1-3H3,(H,17,18). The van der Waals surface area contributed by atoms with Crippen molar-refractivity contribution in [2.45, 2.75) is 45.7 Å². The highest BCUT2D eigenvalue weighted by Gasteiger charge is 2.42. The topological polar surface area (TPSA) is 37.3 Å². The molecular formula is C16H25O2P. The molecule has 0 amide bonds. The Morgan fingerprint density at radius 1 is 1.21 bits per heavy atom. The molecule has 0 radical (unpaired) electrons. The summed E-state index contributed by atoms with van der Waals surface area (Å²) in [5, 5.41) is 0.625. The Labute approximate surface area is 116 Å². The van der Waals surface area contributed by atoms with Gasteiger partial charge in [0.1, 0.15) is 0 Å². The van der Waals surface area contributed by atoms with E-state index in [4.69, 9.17) is 0 Å². The number of hydrogen-bond donors (Lipinski definition) is 1. The van der Waals surface area contributed by atoms with Crippen LogP contribution in [0, 0.1) is 17.8 Å². The molecule has 1 fully saturated rings. The fourth-order valence-electron chi connectivity index (χ4n) is 3.39. The molecule has 1 aromatic carbocycles. The molecule has 2 nitrogen and oxygen atoms in total. The van der Waals surface area contributed by atoms with Crippen LogP contribution in [0.3, 0.4) is 0 Å². The van der Waals surface area contributed by atoms with E-state index in [2.05, 4.69) is 20.8 Å². The van der Waals surface area contributed by atoms with Gasteiger partial charge in [-0.05, 0) is 42.7 Å². The Balaban J connectivity index is 2.33. The van der Waals surface area contributed by atoms with Crippen molar-refractivity contribution < 1.29 is 9.46 Å². The second-order valence-electron chi connectivity index (χ2n) is 6.35. The fraction of sp³-hybridized carbons (Fsp3) is 0.625. The maximum Gasteiger partial charge on any atom is 0.232 e. The quantitative estimate of drug-likeness (QED) is 0.848. The minimum atomic E-state index is -3.27. The Morgan fingerprint density at radius 2 is 1.84 bits per heavy atom. The van der Waals surface area contributed by atoms with Crippen LogP contribution < -0.4 is 5.30 Å². The Kier molecular flexibility index (Phi) is 4.53. The van der Waals surface area contributed by atoms with Crippen molar-refractivity contribution in [3.05, 3.63) is 30.3 Å². The third kappa shape index (κ3) is 3.12. The maximum absolute atomic E-state index is 13.0. The van der Waals surface area contributed by atoms with Gasteiger partial charge in [-0.1, -0.05) is 45.4 Å². The van der Waals surface area contributed by atoms with Gasteiger partial charge in [0.05, 0.1) is 0 Å². The van der Waals surface area contributed by atoms with Crippen molar-refractivity contribution in [1.29, 1.82) is 0 Å². The van der Waals surface area contributed by atoms with Gasteiger partial charge in [-0.2, -0.15) is 0 Å². The summed E-state index contributed by atoms with van der Waals surface area (Å²) >= 11 is 0. The largest absolute Gasteiger partial charge is 0.341 e. The lowest BCUT2D eigenvalue weighted by Gasteiger charge is -2.39. The minimum absolute atomic E-state index is 0.0707. The van der Waals surface area contributed by atoms with Crippen LogP contribution in [-0.4, -0.2) is 10.6 Å². The lowest BCUT2D eigenvalue weighted by Crippen LogP contribution is -2.34. The SMILES string of the molecule is CC1CCC(C(C)C)C(P(=O)(O)c2ccccc2)C1. The van der Waals surface area contributed by atoms with Gasteiger partial charge in [-0.25, -0.2) is 0 Å². The summed E-state index contributed by atoms with van der Waals surface area (Å²) in [5.41, 5.74) is -0.0707. The van der Waals surface area contributed by atoms with E-state index in [-0.39, 0.29) is 5.66 Å². The molecule has 1 aliphatic carbocycles. The summed E-state index contributed by atoms with van der Waals surface area (Å²) in [4.78, 5) is 10.7. The summed E-state index contributed by atoms with van der Waals surface area (Å²) < 4.78 is 13.0. The highest BCUT2D eigenvalue weighted by molar-refractivity contribution is 7.66. The van der Waals surface area contributed by atoms with Crippen LogP contribution in [0.2, 0.25) is 0 Å². The van der Waals surface area contributed by atoms with Crippen LogP contribution in [0.4, 0.5) is 0 Å². The molecule has 0 heterocycles. The van der Waals surface area contributed by atoms with Gasteiger partial charge in [-0.3, -0.25) is 4.57 Å². The van der Waals surface area contributed by atoms with E-state index in [0.29, 0.717) is 23.1 Å². The van der Waals surface area contributed by atoms with Crippen LogP contribution in [-0.2, 0) is 4.57 Å². The molecule has 1 N–H and O–H groups in total. The monoisotopic (exact) mass is 280 g/mol. The molecule has 1 aliphatic rings. The predicted molar refractivity (Wildman–Crippen MR) is 81.0 cm³/mol. The van der Waals surface area contributed by atoms with E-state index in [1.54, 1.807) is 12.1 Å². The van der Waals surface area contributed by atoms with Gasteiger partial charge in [-0.15, -0.1) is 0 Å². The van der Waals surface area contributed by atoms with Gasteiger partial charge in [0.15, 0.2) is 0 Å². The lowest BCUT2D eigenvalue weighted by molar-refractivity contribution is 0.228. The highest BCUT2D eigenvalue weighted by Crippen LogP contribution is 2.55. The van der Waals surface area contributed by atoms with Crippen LogP contribution in [0.15, 0.2) is 30.3 Å². The second-order valence-corrected chi connectivity index (χ2v) is 8.78. The van der Waals surface area contributed by atoms with Gasteiger partial charge < -0.3 is 4.89 Å². The van der Waals surface area contributed by atoms with E-state index >= 15 is 0 Å². The number of benzene rings is 1. The van der Waals surface area contributed by atoms with Crippen molar-refractivity contribution in [2.24, 2.45) is 17.8 Å². The molecule has 1 saturated carbocycles. The summed E-state index contributed by atoms with van der Waals surface area (Å²) in [6.07, 6.45) is 3.15. The molecule has 0 bridgehead atoms. The minimum Gasteiger partial charge on any atom is -0.341 e. The van der Waals surface area contributed by atoms with E-state index in [1.807, 2.05) is 18.2 Å². The fourth-order valence-corrected chi connectivity index (χ4v) is 6.03. The smallest absolute Gasteiger partial charge is 0.232 e. The molecule has 2 rings (SSSR count). The molecule has 106 valence electrons. The molecule has 4 unspecified atom stereocenters. The molecular weight excluding hydrogens is 255 g/mol. The summed E-state index contributed by atoms with van der Waals surface area (Å²) in [6, 6.07) is 9.21. The third-order valence-corrected chi connectivity index (χ3v) is 7.09. The van der Waals surface area contributed by atoms with Crippen molar-refractivity contribution in [2.75, 3.05) is 0 Å². The van der Waals surface area contributed by atoms with Gasteiger partial charge in [0.25, 0.3) is 0 Å². The molecule has 0 aliphatic heterocycles. The van der Waals surface area contributed by atoms with Gasteiger partial charge in [0, 0.05) is 11.0 Å². The maximum atomic E-state index is 13.0. The average Bonchev–Trinajstić information content (AvgIpc) is 2.39. The first kappa shape index (κ1) is 14.8. The van der Waals surface area contributed by atoms with Crippen molar-refractivity contribution in [1.82, 2.24) is 0 Å². The first-order valence-electron chi connectivity index (χ1n) is 7.31. The Bertz CT molecular complexity index is 455. The number of hydrogen-bond acceptors (Lipinski definition) is 1. The van der Waals surface area contributed by atoms with Crippen molar-refractivity contribution in [3.63, 3.8) is 0 Å². The van der Waals surface area contributed by atoms with Crippen LogP contribution in [0.5, 0.6) is 0 Å². The molecule has 3 heteroatoms. The van der Waals surface area contributed by atoms with Crippen LogP contribution in [0.1, 0.15) is 40.0 Å².